The molecule has 1 rings (SSSR count). The number of rotatable bonds is 6. The lowest BCUT2D eigenvalue weighted by Gasteiger charge is -2.08. The van der Waals surface area contributed by atoms with Gasteiger partial charge in [-0.2, -0.15) is 0 Å². The highest BCUT2D eigenvalue weighted by Crippen LogP contribution is 2.14. The van der Waals surface area contributed by atoms with Gasteiger partial charge in [-0.15, -0.1) is 0 Å². The Labute approximate surface area is 104 Å². The molecule has 6 heteroatoms. The Morgan fingerprint density at radius 2 is 2.29 bits per heavy atom. The van der Waals surface area contributed by atoms with Crippen molar-refractivity contribution < 1.29 is 15.0 Å². The van der Waals surface area contributed by atoms with E-state index in [-0.39, 0.29) is 16.8 Å². The van der Waals surface area contributed by atoms with E-state index < -0.39 is 5.97 Å². The molecular weight excluding hydrogens is 244 g/mol. The van der Waals surface area contributed by atoms with Crippen LogP contribution in [0.25, 0.3) is 0 Å². The van der Waals surface area contributed by atoms with Gasteiger partial charge >= 0.3 is 5.97 Å². The van der Waals surface area contributed by atoms with E-state index in [0.717, 1.165) is 6.42 Å². The summed E-state index contributed by atoms with van der Waals surface area (Å²) in [5.41, 5.74) is 0.100. The van der Waals surface area contributed by atoms with Crippen molar-refractivity contribution >= 4 is 23.4 Å². The topological polar surface area (TPSA) is 82.5 Å². The zero-order valence-electron chi connectivity index (χ0n) is 9.48. The first-order valence-corrected chi connectivity index (χ1v) is 5.69. The molecule has 0 saturated carbocycles. The van der Waals surface area contributed by atoms with Gasteiger partial charge in [0.1, 0.15) is 11.0 Å². The lowest BCUT2D eigenvalue weighted by molar-refractivity contribution is 0.0697. The number of aliphatic hydroxyl groups excluding tert-OH is 1. The number of aliphatic hydroxyl groups is 1. The number of carboxylic acid groups (broad SMARTS) is 1. The lowest BCUT2D eigenvalue weighted by Crippen LogP contribution is -2.08. The van der Waals surface area contributed by atoms with Gasteiger partial charge in [0.2, 0.25) is 0 Å². The van der Waals surface area contributed by atoms with E-state index >= 15 is 0 Å². The molecule has 1 aromatic rings. The van der Waals surface area contributed by atoms with Crippen molar-refractivity contribution in [3.05, 3.63) is 22.8 Å². The van der Waals surface area contributed by atoms with Crippen molar-refractivity contribution in [1.82, 2.24) is 4.98 Å². The van der Waals surface area contributed by atoms with E-state index in [1.165, 1.54) is 12.1 Å². The number of carbonyl (C=O) groups is 1. The first-order valence-electron chi connectivity index (χ1n) is 5.32. The maximum atomic E-state index is 10.8. The van der Waals surface area contributed by atoms with Gasteiger partial charge in [0, 0.05) is 6.54 Å². The van der Waals surface area contributed by atoms with Crippen LogP contribution in [0, 0.1) is 0 Å². The monoisotopic (exact) mass is 258 g/mol. The molecule has 0 aliphatic rings. The molecule has 0 aliphatic heterocycles. The summed E-state index contributed by atoms with van der Waals surface area (Å²) in [5.74, 6) is -0.609. The second kappa shape index (κ2) is 6.42. The number of aromatic carboxylic acids is 1. The van der Waals surface area contributed by atoms with E-state index in [9.17, 15) is 4.79 Å². The molecule has 0 radical (unpaired) electrons. The molecule has 17 heavy (non-hydrogen) atoms. The first-order chi connectivity index (χ1) is 7.99. The molecule has 0 spiro atoms. The summed E-state index contributed by atoms with van der Waals surface area (Å²) in [4.78, 5) is 14.7. The second-order valence-corrected chi connectivity index (χ2v) is 4.17. The van der Waals surface area contributed by atoms with Crippen LogP contribution < -0.4 is 5.32 Å². The summed E-state index contributed by atoms with van der Waals surface area (Å²) in [6, 6.07) is 2.72. The van der Waals surface area contributed by atoms with E-state index in [1.54, 1.807) is 6.92 Å². The van der Waals surface area contributed by atoms with E-state index in [1.807, 2.05) is 0 Å². The molecule has 0 bridgehead atoms. The molecule has 0 saturated heterocycles. The van der Waals surface area contributed by atoms with Gasteiger partial charge in [0.05, 0.1) is 11.7 Å². The smallest absolute Gasteiger partial charge is 0.335 e. The normalized spacial score (nSPS) is 12.2. The molecule has 0 aliphatic carbocycles. The molecule has 0 aromatic carbocycles. The zero-order valence-corrected chi connectivity index (χ0v) is 10.2. The number of halogens is 1. The Balaban J connectivity index is 2.56. The summed E-state index contributed by atoms with van der Waals surface area (Å²) >= 11 is 5.70. The fourth-order valence-corrected chi connectivity index (χ4v) is 1.53. The zero-order chi connectivity index (χ0) is 12.8. The summed E-state index contributed by atoms with van der Waals surface area (Å²) in [6.07, 6.45) is 1.12. The molecule has 0 fully saturated rings. The molecule has 3 N–H and O–H groups in total. The molecule has 1 atom stereocenters. The van der Waals surface area contributed by atoms with Crippen molar-refractivity contribution in [3.63, 3.8) is 0 Å². The van der Waals surface area contributed by atoms with Crippen molar-refractivity contribution in [3.8, 4) is 0 Å². The summed E-state index contributed by atoms with van der Waals surface area (Å²) in [7, 11) is 0. The van der Waals surface area contributed by atoms with Gasteiger partial charge < -0.3 is 15.5 Å². The second-order valence-electron chi connectivity index (χ2n) is 3.79. The largest absolute Gasteiger partial charge is 0.478 e. The van der Waals surface area contributed by atoms with Crippen LogP contribution in [0.15, 0.2) is 12.1 Å². The number of hydrogen-bond donors (Lipinski definition) is 3. The number of carboxylic acids is 1. The quantitative estimate of drug-likeness (QED) is 0.537. The average molecular weight is 259 g/mol. The van der Waals surface area contributed by atoms with Crippen LogP contribution in [0.3, 0.4) is 0 Å². The predicted octanol–water partition coefficient (Wildman–Crippen LogP) is 2.01. The van der Waals surface area contributed by atoms with E-state index in [4.69, 9.17) is 21.8 Å². The highest BCUT2D eigenvalue weighted by Gasteiger charge is 2.07. The minimum absolute atomic E-state index is 0.100. The van der Waals surface area contributed by atoms with Crippen molar-refractivity contribution in [2.45, 2.75) is 25.9 Å². The van der Waals surface area contributed by atoms with Crippen molar-refractivity contribution in [2.24, 2.45) is 0 Å². The van der Waals surface area contributed by atoms with Crippen LogP contribution in [-0.2, 0) is 0 Å². The first kappa shape index (κ1) is 13.7. The van der Waals surface area contributed by atoms with Gasteiger partial charge in [-0.3, -0.25) is 0 Å². The number of nitrogens with one attached hydrogen (secondary N) is 1. The third kappa shape index (κ3) is 5.01. The molecule has 5 nitrogen and oxygen atoms in total. The maximum absolute atomic E-state index is 10.8. The van der Waals surface area contributed by atoms with Crippen molar-refractivity contribution in [2.75, 3.05) is 11.9 Å². The van der Waals surface area contributed by atoms with E-state index in [2.05, 4.69) is 10.3 Å². The fourth-order valence-electron chi connectivity index (χ4n) is 1.32. The summed E-state index contributed by atoms with van der Waals surface area (Å²) < 4.78 is 0. The summed E-state index contributed by atoms with van der Waals surface area (Å²) in [6.45, 7) is 2.33. The molecule has 1 heterocycles. The SMILES string of the molecule is CC(O)CCCNc1cc(C(=O)O)cc(Cl)n1. The van der Waals surface area contributed by atoms with Crippen LogP contribution in [0.4, 0.5) is 5.82 Å². The molecule has 1 aromatic heterocycles. The van der Waals surface area contributed by atoms with Gasteiger partial charge in [-0.1, -0.05) is 11.6 Å². The third-order valence-corrected chi connectivity index (χ3v) is 2.34. The maximum Gasteiger partial charge on any atom is 0.335 e. The summed E-state index contributed by atoms with van der Waals surface area (Å²) in [5, 5.41) is 21.0. The lowest BCUT2D eigenvalue weighted by atomic mass is 10.2. The van der Waals surface area contributed by atoms with Gasteiger partial charge in [0.25, 0.3) is 0 Å². The minimum atomic E-state index is -1.04. The van der Waals surface area contributed by atoms with Crippen LogP contribution >= 0.6 is 11.6 Å². The standard InChI is InChI=1S/C11H15ClN2O3/c1-7(15)3-2-4-13-10-6-8(11(16)17)5-9(12)14-10/h5-7,15H,2-4H2,1H3,(H,13,14)(H,16,17). The third-order valence-electron chi connectivity index (χ3n) is 2.15. The van der Waals surface area contributed by atoms with Crippen LogP contribution in [0.2, 0.25) is 5.15 Å². The van der Waals surface area contributed by atoms with Crippen LogP contribution in [0.5, 0.6) is 0 Å². The molecule has 94 valence electrons. The highest BCUT2D eigenvalue weighted by atomic mass is 35.5. The number of pyridine rings is 1. The Hall–Kier alpha value is -1.33. The van der Waals surface area contributed by atoms with Gasteiger partial charge in [-0.05, 0) is 31.9 Å². The van der Waals surface area contributed by atoms with E-state index in [0.29, 0.717) is 18.8 Å². The molecule has 1 unspecified atom stereocenters. The fraction of sp³-hybridized carbons (Fsp3) is 0.455. The van der Waals surface area contributed by atoms with Crippen molar-refractivity contribution in [1.29, 1.82) is 0 Å². The number of nitrogens with zero attached hydrogens (tertiary/aromatic N) is 1. The van der Waals surface area contributed by atoms with Gasteiger partial charge in [-0.25, -0.2) is 9.78 Å². The number of anilines is 1. The Morgan fingerprint density at radius 3 is 2.88 bits per heavy atom. The number of aromatic nitrogens is 1. The Bertz CT molecular complexity index is 396. The van der Waals surface area contributed by atoms with Gasteiger partial charge in [0.15, 0.2) is 0 Å². The average Bonchev–Trinajstić information content (AvgIpc) is 2.23. The van der Waals surface area contributed by atoms with Crippen LogP contribution in [0.1, 0.15) is 30.1 Å². The predicted molar refractivity (Wildman–Crippen MR) is 65.6 cm³/mol. The van der Waals surface area contributed by atoms with Crippen LogP contribution in [-0.4, -0.2) is 33.8 Å². The molecular formula is C11H15ClN2O3. The highest BCUT2D eigenvalue weighted by molar-refractivity contribution is 6.29. The Morgan fingerprint density at radius 1 is 1.59 bits per heavy atom. The number of hydrogen-bond acceptors (Lipinski definition) is 4. The Kier molecular flexibility index (Phi) is 5.18. The minimum Gasteiger partial charge on any atom is -0.478 e. The molecule has 0 amide bonds.